The summed E-state index contributed by atoms with van der Waals surface area (Å²) in [6.45, 7) is 2.30. The monoisotopic (exact) mass is 495 g/mol. The number of fused-ring (bicyclic) bond motifs is 1. The molecule has 5 rings (SSSR count). The Hall–Kier alpha value is -3.82. The Morgan fingerprint density at radius 2 is 1.78 bits per heavy atom. The van der Waals surface area contributed by atoms with Crippen molar-refractivity contribution in [2.75, 3.05) is 45.3 Å². The number of piperidine rings is 1. The average Bonchev–Trinajstić information content (AvgIpc) is 3.42. The molecule has 1 amide bonds. The van der Waals surface area contributed by atoms with Gasteiger partial charge in [0.25, 0.3) is 11.6 Å². The number of hydrogen-bond acceptors (Lipinski definition) is 8. The molecule has 0 bridgehead atoms. The first kappa shape index (κ1) is 23.9. The first-order chi connectivity index (χ1) is 17.4. The minimum atomic E-state index is -0.744. The van der Waals surface area contributed by atoms with Gasteiger partial charge in [-0.3, -0.25) is 19.7 Å². The zero-order valence-corrected chi connectivity index (χ0v) is 20.5. The van der Waals surface area contributed by atoms with Gasteiger partial charge in [0.2, 0.25) is 5.75 Å². The molecule has 2 aromatic carbocycles. The lowest BCUT2D eigenvalue weighted by molar-refractivity contribution is -0.384. The minimum absolute atomic E-state index is 0.0369. The number of amides is 1. The Morgan fingerprint density at radius 1 is 1.06 bits per heavy atom. The van der Waals surface area contributed by atoms with Gasteiger partial charge in [0.1, 0.15) is 11.3 Å². The highest BCUT2D eigenvalue weighted by atomic mass is 16.6. The molecule has 0 radical (unpaired) electrons. The predicted octanol–water partition coefficient (Wildman–Crippen LogP) is 3.85. The summed E-state index contributed by atoms with van der Waals surface area (Å²) < 4.78 is 17.2. The summed E-state index contributed by atoms with van der Waals surface area (Å²) in [5, 5.41) is 11.7. The van der Waals surface area contributed by atoms with Gasteiger partial charge in [-0.05, 0) is 37.1 Å². The van der Waals surface area contributed by atoms with Crippen molar-refractivity contribution in [3.63, 3.8) is 0 Å². The van der Waals surface area contributed by atoms with Crippen molar-refractivity contribution in [1.82, 2.24) is 4.90 Å². The molecule has 10 heteroatoms. The molecular weight excluding hydrogens is 466 g/mol. The highest BCUT2D eigenvalue weighted by Crippen LogP contribution is 2.48. The van der Waals surface area contributed by atoms with Crippen LogP contribution in [0.5, 0.6) is 17.2 Å². The second kappa shape index (κ2) is 9.33. The summed E-state index contributed by atoms with van der Waals surface area (Å²) in [7, 11) is 3.03. The highest BCUT2D eigenvalue weighted by Gasteiger charge is 2.45. The molecule has 0 aromatic heterocycles. The van der Waals surface area contributed by atoms with E-state index in [2.05, 4.69) is 0 Å². The third kappa shape index (κ3) is 4.10. The number of nitro benzene ring substituents is 1. The second-order valence-corrected chi connectivity index (χ2v) is 9.51. The fraction of sp³-hybridized carbons (Fsp3) is 0.462. The van der Waals surface area contributed by atoms with E-state index in [1.54, 1.807) is 29.2 Å². The topological polar surface area (TPSA) is 111 Å². The van der Waals surface area contributed by atoms with Crippen LogP contribution in [0.4, 0.5) is 11.4 Å². The molecule has 0 aliphatic carbocycles. The lowest BCUT2D eigenvalue weighted by Crippen LogP contribution is -2.52. The van der Waals surface area contributed by atoms with E-state index in [1.807, 2.05) is 4.90 Å². The van der Waals surface area contributed by atoms with Crippen molar-refractivity contribution in [1.29, 1.82) is 0 Å². The number of ketones is 1. The number of ether oxygens (including phenoxy) is 3. The van der Waals surface area contributed by atoms with Crippen LogP contribution in [0.2, 0.25) is 0 Å². The molecule has 2 aromatic rings. The zero-order chi connectivity index (χ0) is 25.4. The molecule has 0 atom stereocenters. The normalized spacial score (nSPS) is 18.6. The maximum atomic E-state index is 13.3. The standard InChI is InChI=1S/C26H29N3O7/c1-34-22-8-6-18-21(30)16-26(36-23(18)24(22)35-2)9-13-28(14-10-26)25(31)17-5-7-19(20(15-17)29(32)33)27-11-3-4-12-27/h5-8,15H,3-4,9-14,16H2,1-2H3. The number of benzene rings is 2. The predicted molar refractivity (Wildman–Crippen MR) is 132 cm³/mol. The number of nitrogens with zero attached hydrogens (tertiary/aromatic N) is 3. The van der Waals surface area contributed by atoms with Crippen LogP contribution in [-0.2, 0) is 0 Å². The van der Waals surface area contributed by atoms with Crippen molar-refractivity contribution < 1.29 is 28.7 Å². The highest BCUT2D eigenvalue weighted by molar-refractivity contribution is 6.02. The Bertz CT molecular complexity index is 1210. The van der Waals surface area contributed by atoms with Crippen LogP contribution in [0.25, 0.3) is 0 Å². The Labute approximate surface area is 208 Å². The van der Waals surface area contributed by atoms with E-state index in [9.17, 15) is 19.7 Å². The molecule has 3 heterocycles. The van der Waals surface area contributed by atoms with Gasteiger partial charge < -0.3 is 24.0 Å². The van der Waals surface area contributed by atoms with E-state index in [1.165, 1.54) is 20.3 Å². The lowest BCUT2D eigenvalue weighted by atomic mass is 9.82. The summed E-state index contributed by atoms with van der Waals surface area (Å²) in [5.41, 5.74) is 0.519. The maximum absolute atomic E-state index is 13.3. The average molecular weight is 496 g/mol. The van der Waals surface area contributed by atoms with Gasteiger partial charge in [-0.15, -0.1) is 0 Å². The Kier molecular flexibility index (Phi) is 6.19. The first-order valence-electron chi connectivity index (χ1n) is 12.2. The van der Waals surface area contributed by atoms with E-state index in [-0.39, 0.29) is 29.4 Å². The van der Waals surface area contributed by atoms with Gasteiger partial charge in [0, 0.05) is 50.7 Å². The van der Waals surface area contributed by atoms with Crippen LogP contribution in [0.15, 0.2) is 30.3 Å². The van der Waals surface area contributed by atoms with E-state index in [4.69, 9.17) is 14.2 Å². The Balaban J connectivity index is 1.33. The third-order valence-electron chi connectivity index (χ3n) is 7.43. The molecule has 2 fully saturated rings. The summed E-state index contributed by atoms with van der Waals surface area (Å²) in [6, 6.07) is 8.10. The number of anilines is 1. The molecule has 0 N–H and O–H groups in total. The van der Waals surface area contributed by atoms with Crippen LogP contribution in [0.1, 0.15) is 52.8 Å². The number of rotatable bonds is 5. The minimum Gasteiger partial charge on any atom is -0.493 e. The summed E-state index contributed by atoms with van der Waals surface area (Å²) >= 11 is 0. The van der Waals surface area contributed by atoms with Crippen molar-refractivity contribution in [2.45, 2.75) is 37.7 Å². The molecule has 1 spiro atoms. The van der Waals surface area contributed by atoms with Crippen LogP contribution >= 0.6 is 0 Å². The van der Waals surface area contributed by atoms with Gasteiger partial charge >= 0.3 is 0 Å². The maximum Gasteiger partial charge on any atom is 0.293 e. The summed E-state index contributed by atoms with van der Waals surface area (Å²) in [6.07, 6.45) is 3.13. The smallest absolute Gasteiger partial charge is 0.293 e. The number of carbonyl (C=O) groups is 2. The number of hydrogen-bond donors (Lipinski definition) is 0. The third-order valence-corrected chi connectivity index (χ3v) is 7.43. The fourth-order valence-electron chi connectivity index (χ4n) is 5.47. The number of methoxy groups -OCH3 is 2. The van der Waals surface area contributed by atoms with Gasteiger partial charge in [-0.25, -0.2) is 0 Å². The van der Waals surface area contributed by atoms with Crippen LogP contribution < -0.4 is 19.1 Å². The molecule has 3 aliphatic heterocycles. The molecule has 2 saturated heterocycles. The molecular formula is C26H29N3O7. The number of carbonyl (C=O) groups excluding carboxylic acids is 2. The van der Waals surface area contributed by atoms with E-state index in [0.717, 1.165) is 25.9 Å². The van der Waals surface area contributed by atoms with Crippen LogP contribution in [0.3, 0.4) is 0 Å². The van der Waals surface area contributed by atoms with Crippen LogP contribution in [-0.4, -0.2) is 67.5 Å². The fourth-order valence-corrected chi connectivity index (χ4v) is 5.47. The number of likely N-dealkylation sites (tertiary alicyclic amines) is 1. The summed E-state index contributed by atoms with van der Waals surface area (Å²) in [4.78, 5) is 41.2. The van der Waals surface area contributed by atoms with Crippen molar-refractivity contribution >= 4 is 23.1 Å². The molecule has 190 valence electrons. The van der Waals surface area contributed by atoms with Gasteiger partial charge in [-0.1, -0.05) is 0 Å². The summed E-state index contributed by atoms with van der Waals surface area (Å²) in [5.74, 6) is 0.938. The zero-order valence-electron chi connectivity index (χ0n) is 20.5. The number of nitro groups is 1. The van der Waals surface area contributed by atoms with Gasteiger partial charge in [0.05, 0.1) is 31.1 Å². The van der Waals surface area contributed by atoms with Crippen molar-refractivity contribution in [3.05, 3.63) is 51.6 Å². The van der Waals surface area contributed by atoms with Crippen molar-refractivity contribution in [2.24, 2.45) is 0 Å². The lowest BCUT2D eigenvalue weighted by Gasteiger charge is -2.44. The van der Waals surface area contributed by atoms with E-state index < -0.39 is 10.5 Å². The second-order valence-electron chi connectivity index (χ2n) is 9.51. The van der Waals surface area contributed by atoms with E-state index in [0.29, 0.717) is 54.4 Å². The molecule has 36 heavy (non-hydrogen) atoms. The van der Waals surface area contributed by atoms with Gasteiger partial charge in [0.15, 0.2) is 17.3 Å². The van der Waals surface area contributed by atoms with Crippen molar-refractivity contribution in [3.8, 4) is 17.2 Å². The molecule has 0 saturated carbocycles. The SMILES string of the molecule is COc1ccc2c(c1OC)OC1(CCN(C(=O)c3ccc(N4CCCC4)c([N+](=O)[O-])c3)CC1)CC2=O. The van der Waals surface area contributed by atoms with E-state index >= 15 is 0 Å². The Morgan fingerprint density at radius 3 is 2.42 bits per heavy atom. The number of Topliss-reactive ketones (excluding diaryl/α,β-unsaturated/α-hetero) is 1. The quantitative estimate of drug-likeness (QED) is 0.454. The molecule has 3 aliphatic rings. The largest absolute Gasteiger partial charge is 0.493 e. The molecule has 10 nitrogen and oxygen atoms in total. The first-order valence-corrected chi connectivity index (χ1v) is 12.2. The van der Waals surface area contributed by atoms with Gasteiger partial charge in [-0.2, -0.15) is 0 Å². The van der Waals surface area contributed by atoms with Crippen LogP contribution in [0, 0.1) is 10.1 Å². The molecule has 0 unspecified atom stereocenters.